The molecule has 0 atom stereocenters. The van der Waals surface area contributed by atoms with Gasteiger partial charge in [-0.1, -0.05) is 48.9 Å². The molecule has 0 fully saturated rings. The van der Waals surface area contributed by atoms with Gasteiger partial charge in [-0.15, -0.1) is 0 Å². The van der Waals surface area contributed by atoms with E-state index in [4.69, 9.17) is 10.2 Å². The molecule has 0 bridgehead atoms. The van der Waals surface area contributed by atoms with Crippen LogP contribution in [0.25, 0.3) is 0 Å². The van der Waals surface area contributed by atoms with E-state index >= 15 is 0 Å². The lowest BCUT2D eigenvalue weighted by molar-refractivity contribution is -0.137. The van der Waals surface area contributed by atoms with Crippen LogP contribution in [0.2, 0.25) is 0 Å². The lowest BCUT2D eigenvalue weighted by Crippen LogP contribution is -1.90. The quantitative estimate of drug-likeness (QED) is 0.844. The highest BCUT2D eigenvalue weighted by molar-refractivity contribution is 5.66. The Hall–Kier alpha value is -2.03. The summed E-state index contributed by atoms with van der Waals surface area (Å²) in [5.41, 5.74) is 1.17. The van der Waals surface area contributed by atoms with E-state index in [0.717, 1.165) is 12.8 Å². The van der Waals surface area contributed by atoms with Gasteiger partial charge in [0.1, 0.15) is 5.75 Å². The number of aromatic hydroxyl groups is 1. The molecule has 0 aliphatic heterocycles. The SMILES string of the molecule is C1=CCC=C1.CCCC(=O)O.Cc1ccc(O)cc1. The van der Waals surface area contributed by atoms with Crippen LogP contribution in [-0.4, -0.2) is 16.2 Å². The molecule has 0 amide bonds. The number of hydrogen-bond acceptors (Lipinski definition) is 2. The minimum atomic E-state index is -0.711. The second-order valence-corrected chi connectivity index (χ2v) is 4.07. The predicted octanol–water partition coefficient (Wildman–Crippen LogP) is 4.07. The third-order valence-electron chi connectivity index (χ3n) is 2.15. The number of aryl methyl sites for hydroxylation is 1. The zero-order valence-corrected chi connectivity index (χ0v) is 11.5. The summed E-state index contributed by atoms with van der Waals surface area (Å²) in [7, 11) is 0. The van der Waals surface area contributed by atoms with Crippen molar-refractivity contribution in [3.8, 4) is 5.75 Å². The predicted molar refractivity (Wildman–Crippen MR) is 78.3 cm³/mol. The number of aliphatic carboxylic acids is 1. The van der Waals surface area contributed by atoms with Crippen molar-refractivity contribution in [3.63, 3.8) is 0 Å². The lowest BCUT2D eigenvalue weighted by atomic mass is 10.2. The van der Waals surface area contributed by atoms with Gasteiger partial charge in [0.05, 0.1) is 0 Å². The number of allylic oxidation sites excluding steroid dienone is 4. The van der Waals surface area contributed by atoms with Gasteiger partial charge < -0.3 is 10.2 Å². The van der Waals surface area contributed by atoms with Gasteiger partial charge in [0.15, 0.2) is 0 Å². The molecule has 104 valence electrons. The Balaban J connectivity index is 0.000000264. The highest BCUT2D eigenvalue weighted by Crippen LogP contribution is 2.07. The van der Waals surface area contributed by atoms with Gasteiger partial charge in [0.2, 0.25) is 0 Å². The monoisotopic (exact) mass is 262 g/mol. The van der Waals surface area contributed by atoms with Crippen LogP contribution in [0.4, 0.5) is 0 Å². The van der Waals surface area contributed by atoms with Gasteiger partial charge in [-0.05, 0) is 31.9 Å². The minimum absolute atomic E-state index is 0.292. The van der Waals surface area contributed by atoms with E-state index in [1.807, 2.05) is 26.0 Å². The average molecular weight is 262 g/mol. The fourth-order valence-electron chi connectivity index (χ4n) is 1.15. The zero-order chi connectivity index (χ0) is 14.5. The van der Waals surface area contributed by atoms with E-state index in [9.17, 15) is 4.79 Å². The summed E-state index contributed by atoms with van der Waals surface area (Å²) in [6.07, 6.45) is 10.5. The second-order valence-electron chi connectivity index (χ2n) is 4.07. The largest absolute Gasteiger partial charge is 0.508 e. The first kappa shape index (κ1) is 17.0. The molecule has 3 nitrogen and oxygen atoms in total. The Kier molecular flexibility index (Phi) is 9.90. The zero-order valence-electron chi connectivity index (χ0n) is 11.5. The number of hydrogen-bond donors (Lipinski definition) is 2. The summed E-state index contributed by atoms with van der Waals surface area (Å²) < 4.78 is 0. The summed E-state index contributed by atoms with van der Waals surface area (Å²) in [4.78, 5) is 9.60. The molecule has 0 radical (unpaired) electrons. The standard InChI is InChI=1S/C7H8O.C5H6.C4H8O2/c1-6-2-4-7(8)5-3-6;1-2-4-5-3-1;1-2-3-4(5)6/h2-5,8H,1H3;1-4H,5H2;2-3H2,1H3,(H,5,6). The summed E-state index contributed by atoms with van der Waals surface area (Å²) in [5.74, 6) is -0.381. The molecule has 0 heterocycles. The molecule has 19 heavy (non-hydrogen) atoms. The third kappa shape index (κ3) is 12.2. The molecule has 1 aliphatic carbocycles. The van der Waals surface area contributed by atoms with E-state index in [1.54, 1.807) is 12.1 Å². The maximum absolute atomic E-state index is 9.60. The van der Waals surface area contributed by atoms with Crippen LogP contribution in [0.5, 0.6) is 5.75 Å². The van der Waals surface area contributed by atoms with Gasteiger partial charge in [0.25, 0.3) is 0 Å². The van der Waals surface area contributed by atoms with Gasteiger partial charge in [-0.2, -0.15) is 0 Å². The molecular weight excluding hydrogens is 240 g/mol. The van der Waals surface area contributed by atoms with Crippen LogP contribution in [0.15, 0.2) is 48.6 Å². The average Bonchev–Trinajstić information content (AvgIpc) is 2.92. The maximum atomic E-state index is 9.60. The van der Waals surface area contributed by atoms with Gasteiger partial charge in [-0.3, -0.25) is 4.79 Å². The Morgan fingerprint density at radius 1 is 1.16 bits per heavy atom. The van der Waals surface area contributed by atoms with Crippen LogP contribution >= 0.6 is 0 Å². The first-order valence-corrected chi connectivity index (χ1v) is 6.35. The maximum Gasteiger partial charge on any atom is 0.303 e. The van der Waals surface area contributed by atoms with E-state index < -0.39 is 5.97 Å². The normalized spacial score (nSPS) is 11.1. The van der Waals surface area contributed by atoms with Crippen LogP contribution in [0.1, 0.15) is 31.7 Å². The van der Waals surface area contributed by atoms with Gasteiger partial charge in [-0.25, -0.2) is 0 Å². The molecule has 0 unspecified atom stereocenters. The molecule has 1 aromatic rings. The third-order valence-corrected chi connectivity index (χ3v) is 2.15. The number of carbonyl (C=O) groups is 1. The van der Waals surface area contributed by atoms with Crippen LogP contribution in [0, 0.1) is 6.92 Å². The van der Waals surface area contributed by atoms with E-state index in [-0.39, 0.29) is 0 Å². The number of benzene rings is 1. The number of phenols is 1. The van der Waals surface area contributed by atoms with Gasteiger partial charge >= 0.3 is 5.97 Å². The summed E-state index contributed by atoms with van der Waals surface area (Å²) >= 11 is 0. The minimum Gasteiger partial charge on any atom is -0.508 e. The summed E-state index contributed by atoms with van der Waals surface area (Å²) in [6, 6.07) is 7.09. The molecule has 0 saturated carbocycles. The highest BCUT2D eigenvalue weighted by Gasteiger charge is 1.87. The topological polar surface area (TPSA) is 57.5 Å². The van der Waals surface area contributed by atoms with Crippen molar-refractivity contribution in [3.05, 3.63) is 54.1 Å². The molecular formula is C16H22O3. The summed E-state index contributed by atoms with van der Waals surface area (Å²) in [6.45, 7) is 3.83. The van der Waals surface area contributed by atoms with E-state index in [1.165, 1.54) is 5.56 Å². The smallest absolute Gasteiger partial charge is 0.303 e. The summed E-state index contributed by atoms with van der Waals surface area (Å²) in [5, 5.41) is 16.7. The second kappa shape index (κ2) is 11.1. The number of carboxylic acids is 1. The van der Waals surface area contributed by atoms with Crippen molar-refractivity contribution < 1.29 is 15.0 Å². The Bertz CT molecular complexity index is 372. The van der Waals surface area contributed by atoms with E-state index in [2.05, 4.69) is 24.3 Å². The number of carboxylic acid groups (broad SMARTS) is 1. The van der Waals surface area contributed by atoms with Crippen molar-refractivity contribution in [2.45, 2.75) is 33.1 Å². The first-order chi connectivity index (χ1) is 9.06. The molecule has 2 N–H and O–H groups in total. The molecule has 3 heteroatoms. The van der Waals surface area contributed by atoms with Crippen LogP contribution in [0.3, 0.4) is 0 Å². The molecule has 0 aromatic heterocycles. The molecule has 0 saturated heterocycles. The van der Waals surface area contributed by atoms with Crippen molar-refractivity contribution in [2.24, 2.45) is 0 Å². The van der Waals surface area contributed by atoms with Crippen molar-refractivity contribution >= 4 is 5.97 Å². The van der Waals surface area contributed by atoms with E-state index in [0.29, 0.717) is 12.2 Å². The lowest BCUT2D eigenvalue weighted by Gasteiger charge is -1.89. The number of rotatable bonds is 2. The van der Waals surface area contributed by atoms with Gasteiger partial charge in [0, 0.05) is 6.42 Å². The highest BCUT2D eigenvalue weighted by atomic mass is 16.4. The van der Waals surface area contributed by atoms with Crippen LogP contribution in [-0.2, 0) is 4.79 Å². The molecule has 1 aliphatic rings. The molecule has 0 spiro atoms. The van der Waals surface area contributed by atoms with Crippen molar-refractivity contribution in [1.29, 1.82) is 0 Å². The Labute approximate surface area is 114 Å². The molecule has 1 aromatic carbocycles. The Morgan fingerprint density at radius 2 is 1.68 bits per heavy atom. The first-order valence-electron chi connectivity index (χ1n) is 6.35. The van der Waals surface area contributed by atoms with Crippen LogP contribution < -0.4 is 0 Å². The Morgan fingerprint density at radius 3 is 1.89 bits per heavy atom. The fourth-order valence-corrected chi connectivity index (χ4v) is 1.15. The molecule has 2 rings (SSSR count). The fraction of sp³-hybridized carbons (Fsp3) is 0.312. The van der Waals surface area contributed by atoms with Crippen molar-refractivity contribution in [2.75, 3.05) is 0 Å². The van der Waals surface area contributed by atoms with Crippen molar-refractivity contribution in [1.82, 2.24) is 0 Å². The number of phenolic OH excluding ortho intramolecular Hbond substituents is 1.